The van der Waals surface area contributed by atoms with Gasteiger partial charge >= 0.3 is 0 Å². The standard InChI is InChI=1S/C11H11ClFNO5S/c1-2-3-4-5-19-11-9(13)6-8(14(15)16)7-10(11)20(12,17)18/h2,6-7H,1,3-5H2. The SMILES string of the molecule is C=CCCCOc1c(F)cc([N+](=O)[O-])cc1S(=O)(=O)Cl. The number of halogens is 2. The number of benzene rings is 1. The summed E-state index contributed by atoms with van der Waals surface area (Å²) < 4.78 is 41.5. The highest BCUT2D eigenvalue weighted by Crippen LogP contribution is 2.33. The number of nitro groups is 1. The summed E-state index contributed by atoms with van der Waals surface area (Å²) in [5.74, 6) is -1.77. The van der Waals surface area contributed by atoms with E-state index >= 15 is 0 Å². The Labute approximate surface area is 119 Å². The largest absolute Gasteiger partial charge is 0.489 e. The predicted octanol–water partition coefficient (Wildman–Crippen LogP) is 3.01. The van der Waals surface area contributed by atoms with E-state index in [4.69, 9.17) is 15.4 Å². The van der Waals surface area contributed by atoms with Gasteiger partial charge in [-0.25, -0.2) is 12.8 Å². The van der Waals surface area contributed by atoms with Gasteiger partial charge in [0.15, 0.2) is 11.6 Å². The zero-order valence-electron chi connectivity index (χ0n) is 10.2. The van der Waals surface area contributed by atoms with Gasteiger partial charge < -0.3 is 4.74 Å². The van der Waals surface area contributed by atoms with E-state index in [9.17, 15) is 22.9 Å². The highest BCUT2D eigenvalue weighted by molar-refractivity contribution is 8.13. The molecular formula is C11H11ClFNO5S. The summed E-state index contributed by atoms with van der Waals surface area (Å²) in [6.07, 6.45) is 2.70. The fourth-order valence-electron chi connectivity index (χ4n) is 1.38. The Balaban J connectivity index is 3.21. The van der Waals surface area contributed by atoms with Crippen LogP contribution in [0.15, 0.2) is 29.7 Å². The van der Waals surface area contributed by atoms with E-state index in [2.05, 4.69) is 6.58 Å². The maximum absolute atomic E-state index is 13.7. The molecule has 0 fully saturated rings. The molecule has 0 saturated heterocycles. The number of rotatable bonds is 7. The number of unbranched alkanes of at least 4 members (excludes halogenated alkanes) is 1. The highest BCUT2D eigenvalue weighted by Gasteiger charge is 2.25. The Bertz CT molecular complexity index is 632. The fourth-order valence-corrected chi connectivity index (χ4v) is 2.37. The monoisotopic (exact) mass is 323 g/mol. The molecule has 0 N–H and O–H groups in total. The van der Waals surface area contributed by atoms with Gasteiger partial charge in [0.05, 0.1) is 17.6 Å². The van der Waals surface area contributed by atoms with E-state index in [-0.39, 0.29) is 6.61 Å². The van der Waals surface area contributed by atoms with Crippen LogP contribution in [0.2, 0.25) is 0 Å². The lowest BCUT2D eigenvalue weighted by molar-refractivity contribution is -0.385. The second kappa shape index (κ2) is 6.67. The lowest BCUT2D eigenvalue weighted by Crippen LogP contribution is -2.05. The molecule has 0 aliphatic heterocycles. The predicted molar refractivity (Wildman–Crippen MR) is 71.0 cm³/mol. The van der Waals surface area contributed by atoms with E-state index < -0.39 is 36.1 Å². The molecular weight excluding hydrogens is 313 g/mol. The maximum atomic E-state index is 13.7. The average Bonchev–Trinajstić information content (AvgIpc) is 2.34. The molecule has 110 valence electrons. The minimum atomic E-state index is -4.37. The summed E-state index contributed by atoms with van der Waals surface area (Å²) in [5.41, 5.74) is -0.722. The van der Waals surface area contributed by atoms with Crippen LogP contribution in [0, 0.1) is 15.9 Å². The Hall–Kier alpha value is -1.67. The second-order valence-electron chi connectivity index (χ2n) is 3.73. The average molecular weight is 324 g/mol. The first-order chi connectivity index (χ1) is 9.27. The quantitative estimate of drug-likeness (QED) is 0.253. The third kappa shape index (κ3) is 4.17. The molecule has 0 bridgehead atoms. The molecule has 1 aromatic rings. The maximum Gasteiger partial charge on any atom is 0.273 e. The number of non-ortho nitro benzene ring substituents is 1. The first kappa shape index (κ1) is 16.4. The molecule has 9 heteroatoms. The van der Waals surface area contributed by atoms with Gasteiger partial charge in [0.25, 0.3) is 14.7 Å². The van der Waals surface area contributed by atoms with E-state index in [1.807, 2.05) is 0 Å². The van der Waals surface area contributed by atoms with Crippen LogP contribution in [-0.4, -0.2) is 19.9 Å². The van der Waals surface area contributed by atoms with Crippen LogP contribution < -0.4 is 4.74 Å². The van der Waals surface area contributed by atoms with Crippen LogP contribution >= 0.6 is 10.7 Å². The summed E-state index contributed by atoms with van der Waals surface area (Å²) in [4.78, 5) is 8.91. The molecule has 6 nitrogen and oxygen atoms in total. The van der Waals surface area contributed by atoms with Crippen molar-refractivity contribution in [2.24, 2.45) is 0 Å². The van der Waals surface area contributed by atoms with Gasteiger partial charge in [-0.05, 0) is 12.8 Å². The van der Waals surface area contributed by atoms with Crippen LogP contribution in [0.25, 0.3) is 0 Å². The van der Waals surface area contributed by atoms with Gasteiger partial charge in [0.2, 0.25) is 0 Å². The number of allylic oxidation sites excluding steroid dienone is 1. The van der Waals surface area contributed by atoms with Gasteiger partial charge in [-0.3, -0.25) is 10.1 Å². The zero-order valence-corrected chi connectivity index (χ0v) is 11.8. The van der Waals surface area contributed by atoms with Crippen LogP contribution in [0.1, 0.15) is 12.8 Å². The van der Waals surface area contributed by atoms with Crippen molar-refractivity contribution in [3.63, 3.8) is 0 Å². The topological polar surface area (TPSA) is 86.5 Å². The molecule has 0 aromatic heterocycles. The lowest BCUT2D eigenvalue weighted by atomic mass is 10.3. The molecule has 1 rings (SSSR count). The first-order valence-electron chi connectivity index (χ1n) is 5.43. The summed E-state index contributed by atoms with van der Waals surface area (Å²) >= 11 is 0. The first-order valence-corrected chi connectivity index (χ1v) is 7.74. The van der Waals surface area contributed by atoms with Crippen molar-refractivity contribution in [1.82, 2.24) is 0 Å². The number of hydrogen-bond donors (Lipinski definition) is 0. The number of nitrogens with zero attached hydrogens (tertiary/aromatic N) is 1. The zero-order chi connectivity index (χ0) is 15.3. The van der Waals surface area contributed by atoms with Crippen molar-refractivity contribution in [3.05, 3.63) is 40.7 Å². The van der Waals surface area contributed by atoms with Crippen molar-refractivity contribution >= 4 is 25.4 Å². The molecule has 0 aliphatic rings. The van der Waals surface area contributed by atoms with Gasteiger partial charge in [0, 0.05) is 16.7 Å². The Morgan fingerprint density at radius 3 is 2.65 bits per heavy atom. The normalized spacial score (nSPS) is 11.1. The molecule has 0 saturated carbocycles. The second-order valence-corrected chi connectivity index (χ2v) is 6.26. The molecule has 0 atom stereocenters. The fraction of sp³-hybridized carbons (Fsp3) is 0.273. The molecule has 0 aliphatic carbocycles. The lowest BCUT2D eigenvalue weighted by Gasteiger charge is -2.10. The Morgan fingerprint density at radius 2 is 2.15 bits per heavy atom. The van der Waals surface area contributed by atoms with Crippen LogP contribution in [-0.2, 0) is 9.05 Å². The minimum Gasteiger partial charge on any atom is -0.489 e. The smallest absolute Gasteiger partial charge is 0.273 e. The van der Waals surface area contributed by atoms with Gasteiger partial charge in [-0.1, -0.05) is 6.08 Å². The highest BCUT2D eigenvalue weighted by atomic mass is 35.7. The molecule has 20 heavy (non-hydrogen) atoms. The Morgan fingerprint density at radius 1 is 1.50 bits per heavy atom. The van der Waals surface area contributed by atoms with Crippen molar-refractivity contribution < 1.29 is 22.5 Å². The third-order valence-corrected chi connectivity index (χ3v) is 3.59. The summed E-state index contributed by atoms with van der Waals surface area (Å²) in [7, 11) is 0.767. The van der Waals surface area contributed by atoms with Crippen molar-refractivity contribution in [1.29, 1.82) is 0 Å². The summed E-state index contributed by atoms with van der Waals surface area (Å²) in [5, 5.41) is 10.6. The van der Waals surface area contributed by atoms with Gasteiger partial charge in [0.1, 0.15) is 4.90 Å². The Kier molecular flexibility index (Phi) is 5.46. The molecule has 0 unspecified atom stereocenters. The number of hydrogen-bond acceptors (Lipinski definition) is 5. The third-order valence-electron chi connectivity index (χ3n) is 2.27. The van der Waals surface area contributed by atoms with E-state index in [0.717, 1.165) is 0 Å². The number of ether oxygens (including phenoxy) is 1. The molecule has 0 amide bonds. The van der Waals surface area contributed by atoms with Crippen molar-refractivity contribution in [2.45, 2.75) is 17.7 Å². The van der Waals surface area contributed by atoms with Crippen molar-refractivity contribution in [3.8, 4) is 5.75 Å². The van der Waals surface area contributed by atoms with Crippen LogP contribution in [0.3, 0.4) is 0 Å². The number of nitro benzene ring substituents is 1. The molecule has 1 aromatic carbocycles. The van der Waals surface area contributed by atoms with E-state index in [0.29, 0.717) is 25.0 Å². The van der Waals surface area contributed by atoms with E-state index in [1.165, 1.54) is 0 Å². The van der Waals surface area contributed by atoms with E-state index in [1.54, 1.807) is 6.08 Å². The molecule has 0 radical (unpaired) electrons. The van der Waals surface area contributed by atoms with Crippen LogP contribution in [0.5, 0.6) is 5.75 Å². The van der Waals surface area contributed by atoms with Gasteiger partial charge in [-0.2, -0.15) is 0 Å². The summed E-state index contributed by atoms with van der Waals surface area (Å²) in [6.45, 7) is 3.52. The van der Waals surface area contributed by atoms with Crippen molar-refractivity contribution in [2.75, 3.05) is 6.61 Å². The molecule has 0 spiro atoms. The summed E-state index contributed by atoms with van der Waals surface area (Å²) in [6, 6.07) is 1.24. The molecule has 0 heterocycles. The van der Waals surface area contributed by atoms with Crippen LogP contribution in [0.4, 0.5) is 10.1 Å². The van der Waals surface area contributed by atoms with Gasteiger partial charge in [-0.15, -0.1) is 6.58 Å². The minimum absolute atomic E-state index is 0.0279.